The van der Waals surface area contributed by atoms with Crippen molar-refractivity contribution in [3.05, 3.63) is 52.6 Å². The predicted octanol–water partition coefficient (Wildman–Crippen LogP) is 3.86. The number of fused-ring (bicyclic) bond motifs is 1. The monoisotopic (exact) mass is 534 g/mol. The molecule has 0 spiro atoms. The molecule has 198 valence electrons. The van der Waals surface area contributed by atoms with E-state index in [0.29, 0.717) is 47.5 Å². The lowest BCUT2D eigenvalue weighted by Crippen LogP contribution is -2.30. The van der Waals surface area contributed by atoms with Gasteiger partial charge in [0.15, 0.2) is 17.3 Å². The third-order valence-corrected chi connectivity index (χ3v) is 7.11. The number of methoxy groups -OCH3 is 2. The molecule has 1 atom stereocenters. The Hall–Kier alpha value is -3.64. The van der Waals surface area contributed by atoms with Gasteiger partial charge in [-0.25, -0.2) is 24.9 Å². The number of rotatable bonds is 11. The minimum Gasteiger partial charge on any atom is -0.480 e. The van der Waals surface area contributed by atoms with Gasteiger partial charge in [0, 0.05) is 24.1 Å². The highest BCUT2D eigenvalue weighted by Crippen LogP contribution is 2.44. The van der Waals surface area contributed by atoms with E-state index in [0.717, 1.165) is 34.9 Å². The maximum Gasteiger partial charge on any atom is 0.295 e. The summed E-state index contributed by atoms with van der Waals surface area (Å²) in [6, 6.07) is 3.67. The van der Waals surface area contributed by atoms with Crippen molar-refractivity contribution in [1.29, 1.82) is 0 Å². The molecule has 0 radical (unpaired) electrons. The first-order valence-electron chi connectivity index (χ1n) is 12.5. The molecule has 4 aromatic heterocycles. The summed E-state index contributed by atoms with van der Waals surface area (Å²) < 4.78 is 12.5. The third kappa shape index (κ3) is 5.32. The van der Waals surface area contributed by atoms with E-state index in [2.05, 4.69) is 37.2 Å². The summed E-state index contributed by atoms with van der Waals surface area (Å²) in [5.74, 6) is 2.30. The second kappa shape index (κ2) is 11.4. The van der Waals surface area contributed by atoms with Gasteiger partial charge in [-0.3, -0.25) is 14.3 Å². The summed E-state index contributed by atoms with van der Waals surface area (Å²) in [7, 11) is 3.16. The average Bonchev–Trinajstić information content (AvgIpc) is 3.78. The van der Waals surface area contributed by atoms with Crippen LogP contribution >= 0.6 is 11.8 Å². The fourth-order valence-electron chi connectivity index (χ4n) is 4.32. The van der Waals surface area contributed by atoms with Crippen LogP contribution in [0.3, 0.4) is 0 Å². The topological polar surface area (TPSA) is 130 Å². The van der Waals surface area contributed by atoms with Gasteiger partial charge >= 0.3 is 0 Å². The van der Waals surface area contributed by atoms with Crippen LogP contribution in [0, 0.1) is 0 Å². The molecular formula is C26H30N8O3S. The van der Waals surface area contributed by atoms with Gasteiger partial charge in [0.25, 0.3) is 5.56 Å². The highest BCUT2D eigenvalue weighted by Gasteiger charge is 2.31. The minimum atomic E-state index is -0.304. The molecule has 1 saturated carbocycles. The van der Waals surface area contributed by atoms with Gasteiger partial charge in [-0.1, -0.05) is 6.92 Å². The molecule has 1 fully saturated rings. The van der Waals surface area contributed by atoms with Gasteiger partial charge in [-0.15, -0.1) is 11.8 Å². The molecule has 38 heavy (non-hydrogen) atoms. The van der Waals surface area contributed by atoms with Crippen molar-refractivity contribution in [1.82, 2.24) is 34.5 Å². The standard InChI is InChI=1S/C26H30N8O3S/c1-5-38-18-9-8-17(27-11-18)10-28-23-26(35)34(15(2)13-36-3)24-19(32-23)12-29-22(33-24)20-21(16-6-7-16)30-14-31-25(20)37-4/h8-9,11-12,14-16H,5-7,10,13H2,1-4H3,(H,28,32)/t15-/m1/s1. The Morgan fingerprint density at radius 2 is 1.97 bits per heavy atom. The van der Waals surface area contributed by atoms with Crippen molar-refractivity contribution >= 4 is 28.7 Å². The summed E-state index contributed by atoms with van der Waals surface area (Å²) in [6.07, 6.45) is 7.04. The highest BCUT2D eigenvalue weighted by molar-refractivity contribution is 7.99. The number of hydrogen-bond acceptors (Lipinski definition) is 11. The molecule has 12 heteroatoms. The van der Waals surface area contributed by atoms with E-state index in [1.165, 1.54) is 6.33 Å². The Kier molecular flexibility index (Phi) is 7.79. The van der Waals surface area contributed by atoms with Crippen molar-refractivity contribution < 1.29 is 9.47 Å². The first-order valence-corrected chi connectivity index (χ1v) is 13.5. The summed E-state index contributed by atoms with van der Waals surface area (Å²) in [5, 5.41) is 3.16. The van der Waals surface area contributed by atoms with Crippen LogP contribution in [-0.2, 0) is 11.3 Å². The fraction of sp³-hybridized carbons (Fsp3) is 0.423. The number of thioether (sulfide) groups is 1. The van der Waals surface area contributed by atoms with Gasteiger partial charge in [-0.2, -0.15) is 0 Å². The van der Waals surface area contributed by atoms with Gasteiger partial charge in [0.1, 0.15) is 17.4 Å². The van der Waals surface area contributed by atoms with E-state index in [9.17, 15) is 4.79 Å². The Labute approximate surface area is 224 Å². The fourth-order valence-corrected chi connectivity index (χ4v) is 4.94. The Morgan fingerprint density at radius 3 is 2.66 bits per heavy atom. The molecule has 1 aliphatic carbocycles. The first kappa shape index (κ1) is 26.0. The van der Waals surface area contributed by atoms with Crippen LogP contribution in [0.25, 0.3) is 22.6 Å². The SMILES string of the molecule is CCSc1ccc(CNc2nc3cnc(-c4c(OC)ncnc4C4CC4)nc3n([C@H](C)COC)c2=O)nc1. The lowest BCUT2D eigenvalue weighted by Gasteiger charge is -2.18. The minimum absolute atomic E-state index is 0.199. The van der Waals surface area contributed by atoms with E-state index in [-0.39, 0.29) is 17.4 Å². The number of anilines is 1. The lowest BCUT2D eigenvalue weighted by atomic mass is 10.1. The average molecular weight is 535 g/mol. The molecule has 1 N–H and O–H groups in total. The number of pyridine rings is 1. The molecule has 0 amide bonds. The highest BCUT2D eigenvalue weighted by atomic mass is 32.2. The van der Waals surface area contributed by atoms with Crippen molar-refractivity contribution in [3.63, 3.8) is 0 Å². The van der Waals surface area contributed by atoms with Gasteiger partial charge in [0.2, 0.25) is 5.88 Å². The van der Waals surface area contributed by atoms with Crippen LogP contribution in [0.1, 0.15) is 50.0 Å². The van der Waals surface area contributed by atoms with Crippen LogP contribution in [0.4, 0.5) is 5.82 Å². The normalized spacial score (nSPS) is 14.0. The summed E-state index contributed by atoms with van der Waals surface area (Å²) in [6.45, 7) is 4.68. The van der Waals surface area contributed by atoms with E-state index < -0.39 is 0 Å². The van der Waals surface area contributed by atoms with Crippen molar-refractivity contribution in [2.24, 2.45) is 0 Å². The van der Waals surface area contributed by atoms with Gasteiger partial charge in [-0.05, 0) is 37.7 Å². The number of nitrogens with zero attached hydrogens (tertiary/aromatic N) is 7. The molecule has 5 rings (SSSR count). The van der Waals surface area contributed by atoms with Crippen LogP contribution < -0.4 is 15.6 Å². The predicted molar refractivity (Wildman–Crippen MR) is 146 cm³/mol. The molecule has 0 saturated heterocycles. The van der Waals surface area contributed by atoms with Crippen molar-refractivity contribution in [2.75, 3.05) is 31.9 Å². The van der Waals surface area contributed by atoms with Crippen LogP contribution in [0.5, 0.6) is 5.88 Å². The maximum absolute atomic E-state index is 13.7. The van der Waals surface area contributed by atoms with E-state index in [1.807, 2.05) is 25.3 Å². The van der Waals surface area contributed by atoms with E-state index in [1.54, 1.807) is 36.7 Å². The van der Waals surface area contributed by atoms with Crippen LogP contribution in [0.2, 0.25) is 0 Å². The number of ether oxygens (including phenoxy) is 2. The zero-order valence-corrected chi connectivity index (χ0v) is 22.7. The summed E-state index contributed by atoms with van der Waals surface area (Å²) in [5.41, 5.74) is 2.89. The molecule has 0 unspecified atom stereocenters. The molecule has 0 bridgehead atoms. The quantitative estimate of drug-likeness (QED) is 0.282. The number of nitrogens with one attached hydrogen (secondary N) is 1. The zero-order chi connectivity index (χ0) is 26.6. The molecule has 4 heterocycles. The summed E-state index contributed by atoms with van der Waals surface area (Å²) in [4.78, 5) is 42.0. The second-order valence-electron chi connectivity index (χ2n) is 9.03. The first-order chi connectivity index (χ1) is 18.5. The number of aromatic nitrogens is 7. The molecule has 0 aromatic carbocycles. The smallest absolute Gasteiger partial charge is 0.295 e. The zero-order valence-electron chi connectivity index (χ0n) is 21.8. The Balaban J connectivity index is 1.56. The van der Waals surface area contributed by atoms with E-state index >= 15 is 0 Å². The second-order valence-corrected chi connectivity index (χ2v) is 10.4. The third-order valence-electron chi connectivity index (χ3n) is 6.25. The Morgan fingerprint density at radius 1 is 1.13 bits per heavy atom. The molecule has 4 aromatic rings. The van der Waals surface area contributed by atoms with Crippen molar-refractivity contribution in [3.8, 4) is 17.3 Å². The largest absolute Gasteiger partial charge is 0.480 e. The van der Waals surface area contributed by atoms with Gasteiger partial charge in [0.05, 0.1) is 43.9 Å². The number of hydrogen-bond donors (Lipinski definition) is 1. The Bertz CT molecular complexity index is 1490. The lowest BCUT2D eigenvalue weighted by molar-refractivity contribution is 0.162. The molecule has 1 aliphatic rings. The molecule has 11 nitrogen and oxygen atoms in total. The summed E-state index contributed by atoms with van der Waals surface area (Å²) >= 11 is 1.73. The molecule has 0 aliphatic heterocycles. The van der Waals surface area contributed by atoms with E-state index in [4.69, 9.17) is 14.5 Å². The van der Waals surface area contributed by atoms with Crippen molar-refractivity contribution in [2.45, 2.75) is 50.1 Å². The van der Waals surface area contributed by atoms with Crippen LogP contribution in [0.15, 0.2) is 40.5 Å². The van der Waals surface area contributed by atoms with Crippen LogP contribution in [-0.4, -0.2) is 61.1 Å². The van der Waals surface area contributed by atoms with Gasteiger partial charge < -0.3 is 14.8 Å². The molecular weight excluding hydrogens is 504 g/mol. The maximum atomic E-state index is 13.7.